The summed E-state index contributed by atoms with van der Waals surface area (Å²) in [6, 6.07) is 3.14. The monoisotopic (exact) mass is 355 g/mol. The van der Waals surface area contributed by atoms with Gasteiger partial charge in [-0.2, -0.15) is 0 Å². The maximum Gasteiger partial charge on any atom is 0.325 e. The van der Waals surface area contributed by atoms with Gasteiger partial charge in [0, 0.05) is 0 Å². The van der Waals surface area contributed by atoms with Crippen molar-refractivity contribution in [2.75, 3.05) is 13.2 Å². The number of benzene rings is 1. The van der Waals surface area contributed by atoms with Gasteiger partial charge in [0.05, 0.1) is 6.61 Å². The average Bonchev–Trinajstić information content (AvgIpc) is 2.58. The molecule has 6 heteroatoms. The smallest absolute Gasteiger partial charge is 0.325 e. The lowest BCUT2D eigenvalue weighted by molar-refractivity contribution is -0.142. The van der Waals surface area contributed by atoms with Gasteiger partial charge in [-0.3, -0.25) is 9.59 Å². The Balaban J connectivity index is 2.12. The fraction of sp³-hybridized carbons (Fsp3) is 0.579. The molecule has 0 spiro atoms. The topological polar surface area (TPSA) is 55.4 Å². The summed E-state index contributed by atoms with van der Waals surface area (Å²) in [6.45, 7) is 2.06. The van der Waals surface area contributed by atoms with Gasteiger partial charge in [-0.05, 0) is 18.6 Å². The Morgan fingerprint density at radius 3 is 2.12 bits per heavy atom. The van der Waals surface area contributed by atoms with Gasteiger partial charge in [-0.25, -0.2) is 8.78 Å². The van der Waals surface area contributed by atoms with Crippen molar-refractivity contribution in [1.29, 1.82) is 0 Å². The lowest BCUT2D eigenvalue weighted by Gasteiger charge is -2.08. The van der Waals surface area contributed by atoms with Crippen molar-refractivity contribution >= 4 is 11.9 Å². The highest BCUT2D eigenvalue weighted by Gasteiger charge is 2.17. The largest absolute Gasteiger partial charge is 0.464 e. The average molecular weight is 355 g/mol. The Bertz CT molecular complexity index is 529. The molecule has 1 N–H and O–H groups in total. The molecule has 0 saturated heterocycles. The van der Waals surface area contributed by atoms with E-state index in [1.54, 1.807) is 0 Å². The molecule has 1 aromatic carbocycles. The molecule has 4 nitrogen and oxygen atoms in total. The number of nitrogens with one attached hydrogen (secondary N) is 1. The normalized spacial score (nSPS) is 10.5. The SMILES string of the molecule is CCCCCCCCCCOC(=O)CNC(=O)c1c(F)cccc1F. The molecule has 1 amide bonds. The summed E-state index contributed by atoms with van der Waals surface area (Å²) in [5.41, 5.74) is -0.696. The first-order valence-corrected chi connectivity index (χ1v) is 8.94. The molecule has 0 atom stereocenters. The summed E-state index contributed by atoms with van der Waals surface area (Å²) in [6.07, 6.45) is 9.10. The minimum absolute atomic E-state index is 0.289. The summed E-state index contributed by atoms with van der Waals surface area (Å²) in [4.78, 5) is 23.2. The standard InChI is InChI=1S/C19H27F2NO3/c1-2-3-4-5-6-7-8-9-13-25-17(23)14-22-19(24)18-15(20)11-10-12-16(18)21/h10-12H,2-9,13-14H2,1H3,(H,22,24). The van der Waals surface area contributed by atoms with Gasteiger partial charge in [0.1, 0.15) is 23.7 Å². The van der Waals surface area contributed by atoms with Crippen LogP contribution in [0.2, 0.25) is 0 Å². The summed E-state index contributed by atoms with van der Waals surface area (Å²) >= 11 is 0. The predicted octanol–water partition coefficient (Wildman–Crippen LogP) is 4.38. The molecule has 1 aromatic rings. The van der Waals surface area contributed by atoms with Crippen LogP contribution >= 0.6 is 0 Å². The van der Waals surface area contributed by atoms with Crippen LogP contribution in [-0.4, -0.2) is 25.0 Å². The fourth-order valence-electron chi connectivity index (χ4n) is 2.43. The van der Waals surface area contributed by atoms with E-state index in [-0.39, 0.29) is 6.61 Å². The minimum atomic E-state index is -0.973. The molecule has 0 aliphatic carbocycles. The van der Waals surface area contributed by atoms with E-state index in [0.29, 0.717) is 0 Å². The molecule has 0 unspecified atom stereocenters. The van der Waals surface area contributed by atoms with Crippen LogP contribution in [0.1, 0.15) is 68.6 Å². The van der Waals surface area contributed by atoms with E-state index in [4.69, 9.17) is 4.74 Å². The molecule has 0 saturated carbocycles. The number of hydrogen-bond acceptors (Lipinski definition) is 3. The number of hydrogen-bond donors (Lipinski definition) is 1. The van der Waals surface area contributed by atoms with Crippen LogP contribution in [-0.2, 0) is 9.53 Å². The Morgan fingerprint density at radius 2 is 1.52 bits per heavy atom. The van der Waals surface area contributed by atoms with E-state index in [0.717, 1.165) is 31.4 Å². The van der Waals surface area contributed by atoms with E-state index >= 15 is 0 Å². The van der Waals surface area contributed by atoms with E-state index < -0.39 is 35.6 Å². The minimum Gasteiger partial charge on any atom is -0.464 e. The van der Waals surface area contributed by atoms with Crippen molar-refractivity contribution in [2.45, 2.75) is 58.3 Å². The summed E-state index contributed by atoms with van der Waals surface area (Å²) in [5, 5.41) is 2.17. The Hall–Kier alpha value is -1.98. The second-order valence-corrected chi connectivity index (χ2v) is 5.97. The molecule has 0 bridgehead atoms. The van der Waals surface area contributed by atoms with Gasteiger partial charge in [-0.15, -0.1) is 0 Å². The van der Waals surface area contributed by atoms with Crippen LogP contribution in [0.15, 0.2) is 18.2 Å². The van der Waals surface area contributed by atoms with Gasteiger partial charge < -0.3 is 10.1 Å². The zero-order chi connectivity index (χ0) is 18.5. The second-order valence-electron chi connectivity index (χ2n) is 5.97. The molecule has 0 aliphatic rings. The lowest BCUT2D eigenvalue weighted by atomic mass is 10.1. The van der Waals surface area contributed by atoms with Crippen LogP contribution in [0.5, 0.6) is 0 Å². The third-order valence-electron chi connectivity index (χ3n) is 3.84. The van der Waals surface area contributed by atoms with E-state index in [9.17, 15) is 18.4 Å². The third kappa shape index (κ3) is 8.61. The predicted molar refractivity (Wildman–Crippen MR) is 92.3 cm³/mol. The fourth-order valence-corrected chi connectivity index (χ4v) is 2.43. The van der Waals surface area contributed by atoms with Gasteiger partial charge in [0.2, 0.25) is 0 Å². The molecule has 0 fully saturated rings. The van der Waals surface area contributed by atoms with Crippen LogP contribution in [0.3, 0.4) is 0 Å². The molecule has 0 heterocycles. The molecular weight excluding hydrogens is 328 g/mol. The van der Waals surface area contributed by atoms with Crippen molar-refractivity contribution < 1.29 is 23.1 Å². The van der Waals surface area contributed by atoms with Crippen molar-refractivity contribution in [1.82, 2.24) is 5.32 Å². The Kier molecular flexibility index (Phi) is 10.4. The Labute approximate surface area is 147 Å². The van der Waals surface area contributed by atoms with Crippen molar-refractivity contribution in [2.24, 2.45) is 0 Å². The number of halogens is 2. The van der Waals surface area contributed by atoms with E-state index in [1.807, 2.05) is 0 Å². The zero-order valence-corrected chi connectivity index (χ0v) is 14.8. The number of ether oxygens (including phenoxy) is 1. The molecule has 0 aromatic heterocycles. The maximum atomic E-state index is 13.4. The molecule has 1 rings (SSSR count). The maximum absolute atomic E-state index is 13.4. The first-order valence-electron chi connectivity index (χ1n) is 8.94. The third-order valence-corrected chi connectivity index (χ3v) is 3.84. The lowest BCUT2D eigenvalue weighted by Crippen LogP contribution is -2.32. The second kappa shape index (κ2) is 12.4. The van der Waals surface area contributed by atoms with Crippen LogP contribution in [0, 0.1) is 11.6 Å². The number of amides is 1. The Morgan fingerprint density at radius 1 is 0.960 bits per heavy atom. The van der Waals surface area contributed by atoms with E-state index in [1.165, 1.54) is 38.2 Å². The van der Waals surface area contributed by atoms with Crippen LogP contribution in [0.25, 0.3) is 0 Å². The van der Waals surface area contributed by atoms with Gasteiger partial charge >= 0.3 is 5.97 Å². The molecular formula is C19H27F2NO3. The number of rotatable bonds is 12. The molecule has 140 valence electrons. The first-order chi connectivity index (χ1) is 12.1. The first kappa shape index (κ1) is 21.1. The van der Waals surface area contributed by atoms with Crippen molar-refractivity contribution in [3.63, 3.8) is 0 Å². The summed E-state index contributed by atoms with van der Waals surface area (Å²) in [5.74, 6) is -3.53. The molecule has 0 aliphatic heterocycles. The number of carbonyl (C=O) groups is 2. The zero-order valence-electron chi connectivity index (χ0n) is 14.8. The number of unbranched alkanes of at least 4 members (excludes halogenated alkanes) is 7. The summed E-state index contributed by atoms with van der Waals surface area (Å²) < 4.78 is 31.8. The molecule has 0 radical (unpaired) electrons. The van der Waals surface area contributed by atoms with Gasteiger partial charge in [0.25, 0.3) is 5.91 Å². The quantitative estimate of drug-likeness (QED) is 0.447. The van der Waals surface area contributed by atoms with E-state index in [2.05, 4.69) is 12.2 Å². The van der Waals surface area contributed by atoms with Crippen molar-refractivity contribution in [3.8, 4) is 0 Å². The highest BCUT2D eigenvalue weighted by atomic mass is 19.1. The van der Waals surface area contributed by atoms with Gasteiger partial charge in [-0.1, -0.05) is 57.9 Å². The summed E-state index contributed by atoms with van der Waals surface area (Å²) in [7, 11) is 0. The number of esters is 1. The van der Waals surface area contributed by atoms with Crippen LogP contribution in [0.4, 0.5) is 8.78 Å². The number of carbonyl (C=O) groups excluding carboxylic acids is 2. The van der Waals surface area contributed by atoms with Gasteiger partial charge in [0.15, 0.2) is 0 Å². The highest BCUT2D eigenvalue weighted by molar-refractivity contribution is 5.96. The van der Waals surface area contributed by atoms with Crippen LogP contribution < -0.4 is 5.32 Å². The highest BCUT2D eigenvalue weighted by Crippen LogP contribution is 2.11. The molecule has 25 heavy (non-hydrogen) atoms. The van der Waals surface area contributed by atoms with Crippen molar-refractivity contribution in [3.05, 3.63) is 35.4 Å².